The molecule has 1 aromatic rings. The molecule has 4 heteroatoms. The average molecular weight is 234 g/mol. The molecule has 0 saturated carbocycles. The van der Waals surface area contributed by atoms with Crippen molar-refractivity contribution in [1.29, 1.82) is 0 Å². The van der Waals surface area contributed by atoms with Gasteiger partial charge in [-0.25, -0.2) is 0 Å². The molecule has 2 rings (SSSR count). The number of fused-ring (bicyclic) bond motifs is 1. The van der Waals surface area contributed by atoms with Crippen LogP contribution in [-0.4, -0.2) is 30.2 Å². The van der Waals surface area contributed by atoms with Gasteiger partial charge in [0, 0.05) is 13.2 Å². The largest absolute Gasteiger partial charge is 0.396 e. The Kier molecular flexibility index (Phi) is 3.64. The van der Waals surface area contributed by atoms with E-state index in [1.165, 1.54) is 0 Å². The molecule has 0 fully saturated rings. The van der Waals surface area contributed by atoms with Crippen molar-refractivity contribution < 1.29 is 9.90 Å². The minimum absolute atomic E-state index is 0.0969. The summed E-state index contributed by atoms with van der Waals surface area (Å²) in [6.45, 7) is 2.68. The molecule has 1 unspecified atom stereocenters. The van der Waals surface area contributed by atoms with Crippen LogP contribution in [0.2, 0.25) is 0 Å². The highest BCUT2D eigenvalue weighted by atomic mass is 16.3. The highest BCUT2D eigenvalue weighted by Gasteiger charge is 2.30. The molecule has 1 aliphatic rings. The van der Waals surface area contributed by atoms with Crippen LogP contribution in [0, 0.1) is 0 Å². The van der Waals surface area contributed by atoms with E-state index in [0.717, 1.165) is 17.8 Å². The summed E-state index contributed by atoms with van der Waals surface area (Å²) in [4.78, 5) is 14.0. The first kappa shape index (κ1) is 11.9. The zero-order valence-corrected chi connectivity index (χ0v) is 10.0. The number of carbonyl (C=O) groups excluding carboxylic acids is 1. The fourth-order valence-electron chi connectivity index (χ4n) is 2.12. The Balaban J connectivity index is 2.30. The molecule has 4 nitrogen and oxygen atoms in total. The van der Waals surface area contributed by atoms with Crippen molar-refractivity contribution in [2.24, 2.45) is 0 Å². The van der Waals surface area contributed by atoms with Gasteiger partial charge in [0.25, 0.3) is 0 Å². The maximum Gasteiger partial charge on any atom is 0.249 e. The van der Waals surface area contributed by atoms with Crippen LogP contribution in [0.4, 0.5) is 11.4 Å². The number of aliphatic hydroxyl groups is 1. The SMILES string of the molecule is CCC1Nc2ccccc2N(CCCO)C1=O. The van der Waals surface area contributed by atoms with Gasteiger partial charge in [0.15, 0.2) is 0 Å². The number of aliphatic hydroxyl groups excluding tert-OH is 1. The van der Waals surface area contributed by atoms with Crippen molar-refractivity contribution in [3.05, 3.63) is 24.3 Å². The third-order valence-corrected chi connectivity index (χ3v) is 3.04. The smallest absolute Gasteiger partial charge is 0.249 e. The fourth-order valence-corrected chi connectivity index (χ4v) is 2.12. The van der Waals surface area contributed by atoms with Gasteiger partial charge in [0.2, 0.25) is 5.91 Å². The monoisotopic (exact) mass is 234 g/mol. The molecule has 92 valence electrons. The first-order valence-corrected chi connectivity index (χ1v) is 6.05. The van der Waals surface area contributed by atoms with Gasteiger partial charge in [0.05, 0.1) is 11.4 Å². The Hall–Kier alpha value is -1.55. The predicted molar refractivity (Wildman–Crippen MR) is 68.2 cm³/mol. The van der Waals surface area contributed by atoms with E-state index in [1.54, 1.807) is 4.90 Å². The number of rotatable bonds is 4. The van der Waals surface area contributed by atoms with Crippen LogP contribution >= 0.6 is 0 Å². The van der Waals surface area contributed by atoms with Gasteiger partial charge in [-0.15, -0.1) is 0 Å². The summed E-state index contributed by atoms with van der Waals surface area (Å²) < 4.78 is 0. The minimum atomic E-state index is -0.149. The van der Waals surface area contributed by atoms with Crippen molar-refractivity contribution in [2.45, 2.75) is 25.8 Å². The van der Waals surface area contributed by atoms with Gasteiger partial charge in [-0.05, 0) is 25.0 Å². The van der Waals surface area contributed by atoms with Gasteiger partial charge in [0.1, 0.15) is 6.04 Å². The molecule has 1 aliphatic heterocycles. The second-order valence-electron chi connectivity index (χ2n) is 4.19. The molecule has 0 bridgehead atoms. The molecule has 0 aromatic heterocycles. The quantitative estimate of drug-likeness (QED) is 0.832. The zero-order valence-electron chi connectivity index (χ0n) is 10.0. The van der Waals surface area contributed by atoms with E-state index in [0.29, 0.717) is 13.0 Å². The van der Waals surface area contributed by atoms with Gasteiger partial charge in [-0.3, -0.25) is 4.79 Å². The van der Waals surface area contributed by atoms with Crippen LogP contribution in [0.5, 0.6) is 0 Å². The molecule has 1 amide bonds. The van der Waals surface area contributed by atoms with Crippen LogP contribution < -0.4 is 10.2 Å². The molecule has 1 atom stereocenters. The molecule has 17 heavy (non-hydrogen) atoms. The second-order valence-corrected chi connectivity index (χ2v) is 4.19. The van der Waals surface area contributed by atoms with Gasteiger partial charge < -0.3 is 15.3 Å². The molecule has 0 spiro atoms. The van der Waals surface area contributed by atoms with Crippen molar-refractivity contribution in [1.82, 2.24) is 0 Å². The summed E-state index contributed by atoms with van der Waals surface area (Å²) in [6.07, 6.45) is 1.37. The van der Waals surface area contributed by atoms with Crippen molar-refractivity contribution in [3.8, 4) is 0 Å². The summed E-state index contributed by atoms with van der Waals surface area (Å²) >= 11 is 0. The summed E-state index contributed by atoms with van der Waals surface area (Å²) in [5, 5.41) is 12.1. The molecule has 1 aromatic carbocycles. The number of amides is 1. The molecule has 0 radical (unpaired) electrons. The average Bonchev–Trinajstić information content (AvgIpc) is 2.37. The zero-order chi connectivity index (χ0) is 12.3. The van der Waals surface area contributed by atoms with Crippen LogP contribution in [-0.2, 0) is 4.79 Å². The lowest BCUT2D eigenvalue weighted by atomic mass is 10.1. The Morgan fingerprint density at radius 3 is 2.88 bits per heavy atom. The Bertz CT molecular complexity index is 406. The van der Waals surface area contributed by atoms with E-state index in [1.807, 2.05) is 31.2 Å². The van der Waals surface area contributed by atoms with Crippen molar-refractivity contribution >= 4 is 17.3 Å². The number of hydrogen-bond acceptors (Lipinski definition) is 3. The highest BCUT2D eigenvalue weighted by molar-refractivity contribution is 6.04. The fraction of sp³-hybridized carbons (Fsp3) is 0.462. The molecule has 0 aliphatic carbocycles. The molecular weight excluding hydrogens is 216 g/mol. The Labute approximate surface area is 101 Å². The van der Waals surface area contributed by atoms with Gasteiger partial charge in [-0.2, -0.15) is 0 Å². The summed E-state index contributed by atoms with van der Waals surface area (Å²) in [5.41, 5.74) is 1.91. The summed E-state index contributed by atoms with van der Waals surface area (Å²) in [5.74, 6) is 0.0969. The first-order chi connectivity index (χ1) is 8.27. The maximum atomic E-state index is 12.2. The standard InChI is InChI=1S/C13H18N2O2/c1-2-10-13(17)15(8-5-9-16)12-7-4-3-6-11(12)14-10/h3-4,6-7,10,14,16H,2,5,8-9H2,1H3. The molecule has 0 saturated heterocycles. The van der Waals surface area contributed by atoms with Crippen LogP contribution in [0.15, 0.2) is 24.3 Å². The number of benzene rings is 1. The summed E-state index contributed by atoms with van der Waals surface area (Å²) in [7, 11) is 0. The van der Waals surface area contributed by atoms with Crippen LogP contribution in [0.3, 0.4) is 0 Å². The number of carbonyl (C=O) groups is 1. The minimum Gasteiger partial charge on any atom is -0.396 e. The summed E-state index contributed by atoms with van der Waals surface area (Å²) in [6, 6.07) is 7.65. The van der Waals surface area contributed by atoms with Gasteiger partial charge >= 0.3 is 0 Å². The number of nitrogens with zero attached hydrogens (tertiary/aromatic N) is 1. The van der Waals surface area contributed by atoms with E-state index < -0.39 is 0 Å². The van der Waals surface area contributed by atoms with Crippen LogP contribution in [0.25, 0.3) is 0 Å². The molecule has 2 N–H and O–H groups in total. The normalized spacial score (nSPS) is 18.8. The third-order valence-electron chi connectivity index (χ3n) is 3.04. The third kappa shape index (κ3) is 2.26. The lowest BCUT2D eigenvalue weighted by molar-refractivity contribution is -0.119. The Morgan fingerprint density at radius 2 is 2.18 bits per heavy atom. The van der Waals surface area contributed by atoms with E-state index in [4.69, 9.17) is 5.11 Å². The van der Waals surface area contributed by atoms with E-state index in [2.05, 4.69) is 5.32 Å². The molecular formula is C13H18N2O2. The van der Waals surface area contributed by atoms with E-state index in [9.17, 15) is 4.79 Å². The lowest BCUT2D eigenvalue weighted by Crippen LogP contribution is -2.47. The number of nitrogens with one attached hydrogen (secondary N) is 1. The number of hydrogen-bond donors (Lipinski definition) is 2. The Morgan fingerprint density at radius 1 is 1.41 bits per heavy atom. The van der Waals surface area contributed by atoms with E-state index in [-0.39, 0.29) is 18.6 Å². The number of para-hydroxylation sites is 2. The predicted octanol–water partition coefficient (Wildman–Crippen LogP) is 1.61. The van der Waals surface area contributed by atoms with E-state index >= 15 is 0 Å². The maximum absolute atomic E-state index is 12.2. The topological polar surface area (TPSA) is 52.6 Å². The van der Waals surface area contributed by atoms with Crippen molar-refractivity contribution in [2.75, 3.05) is 23.4 Å². The highest BCUT2D eigenvalue weighted by Crippen LogP contribution is 2.31. The van der Waals surface area contributed by atoms with Crippen LogP contribution in [0.1, 0.15) is 19.8 Å². The first-order valence-electron chi connectivity index (χ1n) is 6.05. The lowest BCUT2D eigenvalue weighted by Gasteiger charge is -2.35. The number of anilines is 2. The second kappa shape index (κ2) is 5.19. The molecule has 1 heterocycles. The van der Waals surface area contributed by atoms with Crippen molar-refractivity contribution in [3.63, 3.8) is 0 Å². The van der Waals surface area contributed by atoms with Gasteiger partial charge in [-0.1, -0.05) is 19.1 Å².